The molecule has 0 aromatic heterocycles. The van der Waals surface area contributed by atoms with Crippen molar-refractivity contribution in [3.8, 4) is 5.75 Å². The fourth-order valence-electron chi connectivity index (χ4n) is 3.19. The zero-order valence-electron chi connectivity index (χ0n) is 15.0. The van der Waals surface area contributed by atoms with Gasteiger partial charge < -0.3 is 14.5 Å². The van der Waals surface area contributed by atoms with E-state index < -0.39 is 6.04 Å². The van der Waals surface area contributed by atoms with E-state index in [9.17, 15) is 9.59 Å². The van der Waals surface area contributed by atoms with E-state index >= 15 is 0 Å². The first kappa shape index (κ1) is 18.5. The van der Waals surface area contributed by atoms with Crippen LogP contribution in [0.1, 0.15) is 22.8 Å². The predicted octanol–water partition coefficient (Wildman–Crippen LogP) is 3.64. The summed E-state index contributed by atoms with van der Waals surface area (Å²) < 4.78 is 6.25. The Morgan fingerprint density at radius 2 is 1.96 bits per heavy atom. The Bertz CT molecular complexity index is 853. The summed E-state index contributed by atoms with van der Waals surface area (Å²) in [5.41, 5.74) is 2.37. The van der Waals surface area contributed by atoms with E-state index in [0.29, 0.717) is 24.4 Å². The molecule has 0 unspecified atom stereocenters. The van der Waals surface area contributed by atoms with Gasteiger partial charge in [0.15, 0.2) is 0 Å². The van der Waals surface area contributed by atoms with Gasteiger partial charge in [-0.15, -0.1) is 0 Å². The van der Waals surface area contributed by atoms with Crippen LogP contribution in [0, 0.1) is 6.92 Å². The first-order valence-electron chi connectivity index (χ1n) is 8.45. The molecule has 1 aliphatic rings. The fourth-order valence-corrected chi connectivity index (χ4v) is 3.58. The van der Waals surface area contributed by atoms with Gasteiger partial charge in [0.2, 0.25) is 5.91 Å². The van der Waals surface area contributed by atoms with Crippen LogP contribution >= 0.6 is 15.9 Å². The van der Waals surface area contributed by atoms with Crippen molar-refractivity contribution in [3.63, 3.8) is 0 Å². The molecule has 5 nitrogen and oxygen atoms in total. The number of amides is 2. The number of carbonyl (C=O) groups excluding carboxylic acids is 2. The maximum absolute atomic E-state index is 13.0. The van der Waals surface area contributed by atoms with E-state index in [2.05, 4.69) is 15.9 Å². The zero-order valence-corrected chi connectivity index (χ0v) is 16.6. The summed E-state index contributed by atoms with van der Waals surface area (Å²) in [6.07, 6.45) is 0. The quantitative estimate of drug-likeness (QED) is 0.766. The first-order valence-corrected chi connectivity index (χ1v) is 9.24. The maximum atomic E-state index is 13.0. The maximum Gasteiger partial charge on any atom is 0.254 e. The third kappa shape index (κ3) is 3.46. The van der Waals surface area contributed by atoms with Crippen molar-refractivity contribution in [2.75, 3.05) is 25.1 Å². The molecular weight excluding hydrogens is 396 g/mol. The summed E-state index contributed by atoms with van der Waals surface area (Å²) >= 11 is 3.38. The lowest BCUT2D eigenvalue weighted by Gasteiger charge is -2.39. The van der Waals surface area contributed by atoms with Crippen LogP contribution in [0.3, 0.4) is 0 Å². The second-order valence-corrected chi connectivity index (χ2v) is 7.27. The molecule has 2 aromatic rings. The SMILES string of the molecule is COc1ccc(C)cc1N1CCN(C(=O)c2cccc(Br)c2)[C@@H](C)C1=O. The van der Waals surface area contributed by atoms with Gasteiger partial charge in [0, 0.05) is 23.1 Å². The van der Waals surface area contributed by atoms with Crippen molar-refractivity contribution in [3.05, 3.63) is 58.1 Å². The van der Waals surface area contributed by atoms with Gasteiger partial charge >= 0.3 is 0 Å². The number of hydrogen-bond donors (Lipinski definition) is 0. The molecule has 0 aliphatic carbocycles. The van der Waals surface area contributed by atoms with Crippen LogP contribution in [-0.2, 0) is 4.79 Å². The minimum atomic E-state index is -0.541. The van der Waals surface area contributed by atoms with E-state index in [1.165, 1.54) is 0 Å². The molecule has 2 amide bonds. The summed E-state index contributed by atoms with van der Waals surface area (Å²) in [6.45, 7) is 4.65. The van der Waals surface area contributed by atoms with Crippen molar-refractivity contribution >= 4 is 33.4 Å². The number of benzene rings is 2. The number of aryl methyl sites for hydroxylation is 1. The van der Waals surface area contributed by atoms with Crippen molar-refractivity contribution in [2.45, 2.75) is 19.9 Å². The van der Waals surface area contributed by atoms with Crippen LogP contribution in [0.25, 0.3) is 0 Å². The van der Waals surface area contributed by atoms with Crippen LogP contribution in [0.5, 0.6) is 5.75 Å². The molecule has 1 heterocycles. The molecule has 1 fully saturated rings. The first-order chi connectivity index (χ1) is 12.4. The monoisotopic (exact) mass is 416 g/mol. The molecule has 0 bridgehead atoms. The van der Waals surface area contributed by atoms with Crippen LogP contribution in [-0.4, -0.2) is 43.0 Å². The highest BCUT2D eigenvalue weighted by Gasteiger charge is 2.36. The Morgan fingerprint density at radius 1 is 1.19 bits per heavy atom. The zero-order chi connectivity index (χ0) is 18.8. The topological polar surface area (TPSA) is 49.9 Å². The molecule has 1 aliphatic heterocycles. The number of methoxy groups -OCH3 is 1. The van der Waals surface area contributed by atoms with E-state index in [1.54, 1.807) is 36.0 Å². The molecule has 136 valence electrons. The molecule has 26 heavy (non-hydrogen) atoms. The average Bonchev–Trinajstić information content (AvgIpc) is 2.63. The van der Waals surface area contributed by atoms with Crippen molar-refractivity contribution < 1.29 is 14.3 Å². The smallest absolute Gasteiger partial charge is 0.254 e. The van der Waals surface area contributed by atoms with Crippen LogP contribution in [0.2, 0.25) is 0 Å². The van der Waals surface area contributed by atoms with E-state index in [0.717, 1.165) is 15.7 Å². The third-order valence-corrected chi connectivity index (χ3v) is 5.11. The number of anilines is 1. The number of carbonyl (C=O) groups is 2. The molecule has 0 N–H and O–H groups in total. The molecule has 0 radical (unpaired) electrons. The Hall–Kier alpha value is -2.34. The normalized spacial score (nSPS) is 17.4. The average molecular weight is 417 g/mol. The fraction of sp³-hybridized carbons (Fsp3) is 0.300. The highest BCUT2D eigenvalue weighted by atomic mass is 79.9. The van der Waals surface area contributed by atoms with Gasteiger partial charge in [-0.3, -0.25) is 9.59 Å². The Labute approximate surface area is 161 Å². The van der Waals surface area contributed by atoms with Crippen LogP contribution < -0.4 is 9.64 Å². The van der Waals surface area contributed by atoms with Gasteiger partial charge in [-0.25, -0.2) is 0 Å². The number of ether oxygens (including phenoxy) is 1. The van der Waals surface area contributed by atoms with E-state index in [4.69, 9.17) is 4.74 Å². The van der Waals surface area contributed by atoms with E-state index in [-0.39, 0.29) is 11.8 Å². The lowest BCUT2D eigenvalue weighted by Crippen LogP contribution is -2.57. The minimum absolute atomic E-state index is 0.108. The van der Waals surface area contributed by atoms with Crippen LogP contribution in [0.4, 0.5) is 5.69 Å². The summed E-state index contributed by atoms with van der Waals surface area (Å²) in [5.74, 6) is 0.412. The Kier molecular flexibility index (Phi) is 5.32. The lowest BCUT2D eigenvalue weighted by molar-refractivity contribution is -0.124. The molecule has 3 rings (SSSR count). The second-order valence-electron chi connectivity index (χ2n) is 6.35. The van der Waals surface area contributed by atoms with Crippen molar-refractivity contribution in [1.29, 1.82) is 0 Å². The lowest BCUT2D eigenvalue weighted by atomic mass is 10.1. The Balaban J connectivity index is 1.85. The second kappa shape index (κ2) is 7.50. The molecule has 6 heteroatoms. The van der Waals surface area contributed by atoms with Gasteiger partial charge in [0.05, 0.1) is 12.8 Å². The predicted molar refractivity (Wildman–Crippen MR) is 105 cm³/mol. The van der Waals surface area contributed by atoms with Crippen molar-refractivity contribution in [2.24, 2.45) is 0 Å². The highest BCUT2D eigenvalue weighted by molar-refractivity contribution is 9.10. The number of halogens is 1. The summed E-state index contributed by atoms with van der Waals surface area (Å²) in [6, 6.07) is 12.4. The third-order valence-electron chi connectivity index (χ3n) is 4.61. The minimum Gasteiger partial charge on any atom is -0.495 e. The summed E-state index contributed by atoms with van der Waals surface area (Å²) in [7, 11) is 1.59. The standard InChI is InChI=1S/C20H21BrN2O3/c1-13-7-8-18(26-3)17(11-13)23-10-9-22(14(2)19(23)24)20(25)15-5-4-6-16(21)12-15/h4-8,11-12,14H,9-10H2,1-3H3/t14-/m0/s1. The summed E-state index contributed by atoms with van der Waals surface area (Å²) in [5, 5.41) is 0. The van der Waals surface area contributed by atoms with Gasteiger partial charge in [-0.1, -0.05) is 28.1 Å². The molecule has 2 aromatic carbocycles. The van der Waals surface area contributed by atoms with E-state index in [1.807, 2.05) is 37.3 Å². The number of rotatable bonds is 3. The molecule has 0 saturated carbocycles. The van der Waals surface area contributed by atoms with Gasteiger partial charge in [-0.2, -0.15) is 0 Å². The van der Waals surface area contributed by atoms with Gasteiger partial charge in [0.1, 0.15) is 11.8 Å². The number of nitrogens with zero attached hydrogens (tertiary/aromatic N) is 2. The summed E-state index contributed by atoms with van der Waals surface area (Å²) in [4.78, 5) is 29.2. The Morgan fingerprint density at radius 3 is 2.65 bits per heavy atom. The highest BCUT2D eigenvalue weighted by Crippen LogP contribution is 2.32. The largest absolute Gasteiger partial charge is 0.495 e. The molecule has 1 saturated heterocycles. The van der Waals surface area contributed by atoms with Crippen molar-refractivity contribution in [1.82, 2.24) is 4.90 Å². The molecule has 0 spiro atoms. The molecule has 1 atom stereocenters. The van der Waals surface area contributed by atoms with Crippen LogP contribution in [0.15, 0.2) is 46.9 Å². The molecular formula is C20H21BrN2O3. The van der Waals surface area contributed by atoms with Gasteiger partial charge in [-0.05, 0) is 49.7 Å². The number of hydrogen-bond acceptors (Lipinski definition) is 3. The van der Waals surface area contributed by atoms with Gasteiger partial charge in [0.25, 0.3) is 5.91 Å². The number of piperazine rings is 1.